The summed E-state index contributed by atoms with van der Waals surface area (Å²) in [5, 5.41) is -7.68. The Labute approximate surface area is 726 Å². The molecule has 0 spiro atoms. The summed E-state index contributed by atoms with van der Waals surface area (Å²) in [5.74, 6) is -58.7. The number of rotatable bonds is 16. The van der Waals surface area contributed by atoms with Crippen molar-refractivity contribution in [2.45, 2.75) is 125 Å². The number of nitrogens with zero attached hydrogens (tertiary/aromatic N) is 4. The molecule has 684 valence electrons. The Balaban J connectivity index is 1.23. The molecule has 15 rings (SSSR count). The van der Waals surface area contributed by atoms with E-state index in [1.54, 1.807) is 0 Å². The van der Waals surface area contributed by atoms with Crippen molar-refractivity contribution >= 4 is 77.9 Å². The van der Waals surface area contributed by atoms with Gasteiger partial charge in [0, 0.05) is 54.1 Å². The van der Waals surface area contributed by atoms with Crippen LogP contribution >= 0.6 is 0 Å². The van der Waals surface area contributed by atoms with E-state index in [9.17, 15) is 0 Å². The monoisotopic (exact) mass is 1830 g/mol. The van der Waals surface area contributed by atoms with Gasteiger partial charge in [0.05, 0.1) is 129 Å². The van der Waals surface area contributed by atoms with Gasteiger partial charge in [-0.25, -0.2) is 62.7 Å². The fourth-order valence-corrected chi connectivity index (χ4v) is 15.1. The highest BCUT2D eigenvalue weighted by Gasteiger charge is 2.42. The van der Waals surface area contributed by atoms with Gasteiger partial charge >= 0.3 is 0 Å². The second-order valence-corrected chi connectivity index (χ2v) is 39.1. The third kappa shape index (κ3) is 15.8. The van der Waals surface area contributed by atoms with Gasteiger partial charge in [0.25, 0.3) is 0 Å². The van der Waals surface area contributed by atoms with E-state index in [0.29, 0.717) is 8.80 Å². The van der Waals surface area contributed by atoms with Crippen LogP contribution < -0.4 is 60.3 Å². The highest BCUT2D eigenvalue weighted by molar-refractivity contribution is 6.33. The van der Waals surface area contributed by atoms with E-state index < -0.39 is 378 Å². The fraction of sp³-hybridized carbons (Fsp3) is 0.312. The van der Waals surface area contributed by atoms with Crippen LogP contribution in [0.5, 0.6) is 34.5 Å². The van der Waals surface area contributed by atoms with Crippen LogP contribution in [0.1, 0.15) is 158 Å². The molecule has 0 amide bonds. The molecule has 9 heterocycles. The molecule has 0 saturated heterocycles. The number of aromatic amines is 2. The topological polar surface area (TPSA) is 121 Å². The Bertz CT molecular complexity index is 6900. The number of ether oxygens (including phenoxy) is 6. The minimum Gasteiger partial charge on any atom is -0.487 e. The molecule has 0 aliphatic carbocycles. The quantitative estimate of drug-likeness (QED) is 0.0734. The van der Waals surface area contributed by atoms with Crippen molar-refractivity contribution in [2.24, 2.45) is 42.5 Å². The van der Waals surface area contributed by atoms with Crippen LogP contribution in [0.2, 0.25) is 0 Å². The van der Waals surface area contributed by atoms with E-state index >= 15 is 96.6 Å². The molecular weight excluding hydrogens is 1750 g/mol. The summed E-state index contributed by atoms with van der Waals surface area (Å²) in [6.07, 6.45) is 3.32. The molecule has 130 heavy (non-hydrogen) atoms. The molecule has 3 aliphatic heterocycles. The number of hydrogen-bond acceptors (Lipinski definition) is 8. The van der Waals surface area contributed by atoms with Crippen LogP contribution in [0, 0.1) is 160 Å². The van der Waals surface area contributed by atoms with Gasteiger partial charge in [-0.1, -0.05) is 125 Å². The molecule has 12 nitrogen and oxygen atoms in total. The predicted molar refractivity (Wildman–Crippen MR) is 443 cm³/mol. The highest BCUT2D eigenvalue weighted by Crippen LogP contribution is 2.46. The number of aliphatic imine (C=N–C) groups is 2. The third-order valence-electron chi connectivity index (χ3n) is 20.8. The maximum absolute atomic E-state index is 18.6. The van der Waals surface area contributed by atoms with Gasteiger partial charge in [0.1, 0.15) is 0 Å². The number of allylic oxidation sites excluding steroid dienone is 2. The lowest BCUT2D eigenvalue weighted by Crippen LogP contribution is -2.23. The van der Waals surface area contributed by atoms with Gasteiger partial charge in [-0.05, 0) is 105 Å². The largest absolute Gasteiger partial charge is 0.487 e. The Morgan fingerprint density at radius 3 is 0.685 bits per heavy atom. The molecule has 0 unspecified atom stereocenters. The number of hydrogen-bond donors (Lipinski definition) is 2. The summed E-state index contributed by atoms with van der Waals surface area (Å²) in [6, 6.07) is 6.38. The van der Waals surface area contributed by atoms with E-state index in [4.69, 9.17) is 28.4 Å². The van der Waals surface area contributed by atoms with Crippen molar-refractivity contribution in [3.63, 3.8) is 0 Å². The Morgan fingerprint density at radius 1 is 0.246 bits per heavy atom. The van der Waals surface area contributed by atoms with E-state index in [1.165, 1.54) is 125 Å². The van der Waals surface area contributed by atoms with E-state index in [-0.39, 0.29) is 0 Å². The van der Waals surface area contributed by atoms with Crippen LogP contribution in [-0.4, -0.2) is 69.8 Å². The van der Waals surface area contributed by atoms with Crippen LogP contribution in [0.4, 0.5) is 96.6 Å². The zero-order valence-corrected chi connectivity index (χ0v) is 72.7. The molecule has 6 aromatic heterocycles. The molecule has 6 aromatic carbocycles. The van der Waals surface area contributed by atoms with Gasteiger partial charge in [-0.2, -0.15) is 43.9 Å². The molecule has 0 fully saturated rings. The van der Waals surface area contributed by atoms with Gasteiger partial charge in [-0.15, -0.1) is 0 Å². The first-order valence-electron chi connectivity index (χ1n) is 40.4. The van der Waals surface area contributed by atoms with E-state index in [0.717, 1.165) is 72.8 Å². The van der Waals surface area contributed by atoms with E-state index in [2.05, 4.69) is 20.0 Å². The maximum Gasteiger partial charge on any atom is 0.205 e. The van der Waals surface area contributed by atoms with Gasteiger partial charge in [0.15, 0.2) is 104 Å². The normalized spacial score (nSPS) is 14.3. The summed E-state index contributed by atoms with van der Waals surface area (Å²) in [7, 11) is 0. The lowest BCUT2D eigenvalue weighted by atomic mass is 9.97. The van der Waals surface area contributed by atoms with E-state index in [1.807, 2.05) is 0 Å². The lowest BCUT2D eigenvalue weighted by molar-refractivity contribution is 0.179. The minimum absolute atomic E-state index is 0.509. The summed E-state index contributed by atoms with van der Waals surface area (Å²) < 4.78 is 425. The summed E-state index contributed by atoms with van der Waals surface area (Å²) in [5.41, 5.74) is -27.7. The molecule has 2 N–H and O–H groups in total. The Morgan fingerprint density at radius 2 is 0.454 bits per heavy atom. The summed E-state index contributed by atoms with van der Waals surface area (Å²) >= 11 is 0. The molecule has 34 heteroatoms. The molecule has 0 atom stereocenters. The van der Waals surface area contributed by atoms with Crippen molar-refractivity contribution < 1.29 is 125 Å². The predicted octanol–water partition coefficient (Wildman–Crippen LogP) is 21.0. The van der Waals surface area contributed by atoms with Crippen molar-refractivity contribution in [2.75, 3.05) is 39.6 Å². The number of H-pyrrole nitrogens is 2. The zero-order valence-electron chi connectivity index (χ0n) is 72.7. The number of benzene rings is 6. The van der Waals surface area contributed by atoms with Crippen LogP contribution in [-0.2, 0) is 0 Å². The van der Waals surface area contributed by atoms with Crippen LogP contribution in [0.3, 0.4) is 0 Å². The second kappa shape index (κ2) is 32.2. The van der Waals surface area contributed by atoms with Crippen molar-refractivity contribution in [1.29, 1.82) is 0 Å². The first-order chi connectivity index (χ1) is 60.4. The summed E-state index contributed by atoms with van der Waals surface area (Å²) in [4.78, 5) is 14.4. The smallest absolute Gasteiger partial charge is 0.205 e. The maximum atomic E-state index is 18.6. The fourth-order valence-electron chi connectivity index (χ4n) is 15.1. The zero-order chi connectivity index (χ0) is 95.1. The SMILES string of the molecule is CC(C)(C)COc1c(F)c(F)c(C2=c3ccc([nH]3)=C(c3c(F)c(F)c(OCC(C)(C)C)c(F)c3F)c3ccc4c(c5c(F)c(OCC(C)(C)C)c(F)c(F)c5n34)=C3C=CC(=N3)C(c3c(F)c(F)c(OCC(C)(C)C)c(F)c3F)=c3ccc([nH]3)=C(c3c(F)c(F)c(OCC(C)(C)C)c(F)c3F)c3ccc4c(c5c(F)c(OCC(C)(C)C)c(F)c(F)c5n34)=C3C=CC2=N3)c(F)c1F. The minimum atomic E-state index is -2.36. The molecule has 3 aliphatic rings. The average Bonchev–Trinajstić information content (AvgIpc) is 1.54. The van der Waals surface area contributed by atoms with Gasteiger partial charge in [-0.3, -0.25) is 0 Å². The van der Waals surface area contributed by atoms with Crippen LogP contribution in [0.15, 0.2) is 82.8 Å². The van der Waals surface area contributed by atoms with Crippen LogP contribution in [0.25, 0.3) is 66.5 Å². The standard InChI is InChI=1S/C96H80F22N6O6/c1-91(2,3)31-125-85-69(105)59-53-43-25-21-39(121-43)49(55-61(97)73(109)87(74(110)62(55)98)127-33-93(7,8)9)37-20-24-42(120-37)52(58-67(103)79(115)90(80(116)68(58)104)130-36-96(16,17)18)46-28-30-48-54(60-70(106)86(126-32-92(4,5)6)82(118)72(108)84(60)124(46)48)44-26-22-40(122-44)50(56-63(99)75(111)88(76(112)64(56)100)128-34-94(10,11)12)38-19-23-41(119-38)51(45-27-29-47(53)123(45)83(59)71(107)81(85)117)57-65(101)77(113)89(78(114)66(57)102)129-35-95(13,14)15/h19-30,119-120H,31-36H2,1-18H3. The Kier molecular flexibility index (Phi) is 22.9. The summed E-state index contributed by atoms with van der Waals surface area (Å²) in [6.45, 7) is 23.5. The van der Waals surface area contributed by atoms with Crippen molar-refractivity contribution in [3.8, 4) is 34.5 Å². The first kappa shape index (κ1) is 92.2. The molecule has 0 radical (unpaired) electrons. The molecule has 16 bridgehead atoms. The van der Waals surface area contributed by atoms with Crippen molar-refractivity contribution in [1.82, 2.24) is 18.8 Å². The number of fused-ring (bicyclic) bond motifs is 10. The van der Waals surface area contributed by atoms with Gasteiger partial charge < -0.3 is 47.2 Å². The second-order valence-electron chi connectivity index (χ2n) is 39.1. The lowest BCUT2D eigenvalue weighted by Gasteiger charge is -2.21. The first-order valence-corrected chi connectivity index (χ1v) is 40.4. The number of nitrogens with one attached hydrogen (secondary N) is 2. The highest BCUT2D eigenvalue weighted by atomic mass is 19.2. The number of aromatic nitrogens is 4. The third-order valence-corrected chi connectivity index (χ3v) is 20.8. The molecule has 12 aromatic rings. The van der Waals surface area contributed by atoms with Crippen molar-refractivity contribution in [3.05, 3.63) is 266 Å². The molecular formula is C96H80F22N6O6. The van der Waals surface area contributed by atoms with Gasteiger partial charge in [0.2, 0.25) is 58.2 Å². The number of halogens is 22. The Hall–Kier alpha value is -12.5. The average molecular weight is 1830 g/mol. The molecule has 0 saturated carbocycles.